The lowest BCUT2D eigenvalue weighted by Crippen LogP contribution is -2.37. The van der Waals surface area contributed by atoms with Gasteiger partial charge in [0, 0.05) is 6.54 Å². The summed E-state index contributed by atoms with van der Waals surface area (Å²) >= 11 is 0. The van der Waals surface area contributed by atoms with E-state index in [4.69, 9.17) is 5.26 Å². The lowest BCUT2D eigenvalue weighted by molar-refractivity contribution is -0.274. The first-order valence-corrected chi connectivity index (χ1v) is 11.0. The van der Waals surface area contributed by atoms with Gasteiger partial charge in [0.25, 0.3) is 0 Å². The van der Waals surface area contributed by atoms with Gasteiger partial charge in [-0.15, -0.1) is 13.2 Å². The Balaban J connectivity index is 1.65. The second kappa shape index (κ2) is 10.3. The van der Waals surface area contributed by atoms with Crippen LogP contribution in [0.3, 0.4) is 0 Å². The molecule has 0 spiro atoms. The van der Waals surface area contributed by atoms with Gasteiger partial charge < -0.3 is 15.2 Å². The first-order chi connectivity index (χ1) is 16.0. The van der Waals surface area contributed by atoms with Gasteiger partial charge >= 0.3 is 6.36 Å². The van der Waals surface area contributed by atoms with Crippen LogP contribution in [0.1, 0.15) is 55.5 Å². The van der Waals surface area contributed by atoms with E-state index in [0.29, 0.717) is 54.5 Å². The van der Waals surface area contributed by atoms with E-state index in [1.165, 1.54) is 18.3 Å². The minimum atomic E-state index is -4.89. The van der Waals surface area contributed by atoms with Crippen molar-refractivity contribution in [3.63, 3.8) is 0 Å². The van der Waals surface area contributed by atoms with E-state index in [0.717, 1.165) is 12.8 Å². The summed E-state index contributed by atoms with van der Waals surface area (Å²) in [4.78, 5) is 8.67. The van der Waals surface area contributed by atoms with Gasteiger partial charge in [0.15, 0.2) is 0 Å². The summed E-state index contributed by atoms with van der Waals surface area (Å²) in [6, 6.07) is 7.85. The number of aliphatic hydroxyl groups is 1. The standard InChI is InChI=1S/C24H26F3N5O2/c1-23(2)11-16(4-6-21(23)33)9-19-18(13-29)14-31-22(32-19)30-8-7-15-3-5-17(12-28)20(10-15)34-24(25,26)27/h3,5,10,14,16,21,33H,4,6-9,11H2,1-2H3,(H,30,31,32)/t16-,21-/m0/s1. The van der Waals surface area contributed by atoms with Crippen molar-refractivity contribution in [2.24, 2.45) is 11.3 Å². The molecule has 1 heterocycles. The molecule has 0 saturated heterocycles. The Bertz CT molecular complexity index is 1110. The summed E-state index contributed by atoms with van der Waals surface area (Å²) in [5, 5.41) is 31.7. The molecule has 10 heteroatoms. The molecular weight excluding hydrogens is 447 g/mol. The summed E-state index contributed by atoms with van der Waals surface area (Å²) < 4.78 is 41.7. The van der Waals surface area contributed by atoms with E-state index < -0.39 is 12.1 Å². The van der Waals surface area contributed by atoms with Crippen molar-refractivity contribution in [2.45, 2.75) is 58.4 Å². The number of alkyl halides is 3. The number of aromatic nitrogens is 2. The summed E-state index contributed by atoms with van der Waals surface area (Å²) in [5.41, 5.74) is 1.18. The minimum absolute atomic E-state index is 0.195. The average Bonchev–Trinajstić information content (AvgIpc) is 2.75. The third-order valence-corrected chi connectivity index (χ3v) is 6.12. The average molecular weight is 473 g/mol. The molecule has 0 unspecified atom stereocenters. The minimum Gasteiger partial charge on any atom is -0.404 e. The molecular formula is C24H26F3N5O2. The molecule has 0 amide bonds. The fourth-order valence-electron chi connectivity index (χ4n) is 4.31. The summed E-state index contributed by atoms with van der Waals surface area (Å²) in [6.45, 7) is 4.40. The fourth-order valence-corrected chi connectivity index (χ4v) is 4.31. The van der Waals surface area contributed by atoms with Crippen LogP contribution >= 0.6 is 0 Å². The molecule has 1 aliphatic rings. The van der Waals surface area contributed by atoms with Crippen molar-refractivity contribution in [1.29, 1.82) is 10.5 Å². The predicted molar refractivity (Wildman–Crippen MR) is 118 cm³/mol. The van der Waals surface area contributed by atoms with Gasteiger partial charge in [0.05, 0.1) is 29.1 Å². The quantitative estimate of drug-likeness (QED) is 0.608. The molecule has 0 radical (unpaired) electrons. The Morgan fingerprint density at radius 1 is 1.21 bits per heavy atom. The second-order valence-corrected chi connectivity index (χ2v) is 9.19. The molecule has 34 heavy (non-hydrogen) atoms. The van der Waals surface area contributed by atoms with Gasteiger partial charge in [0.1, 0.15) is 17.9 Å². The van der Waals surface area contributed by atoms with Gasteiger partial charge in [-0.05, 0) is 61.1 Å². The summed E-state index contributed by atoms with van der Waals surface area (Å²) in [7, 11) is 0. The van der Waals surface area contributed by atoms with Crippen LogP contribution in [-0.2, 0) is 12.8 Å². The highest BCUT2D eigenvalue weighted by atomic mass is 19.4. The molecule has 1 aromatic heterocycles. The van der Waals surface area contributed by atoms with Crippen molar-refractivity contribution in [1.82, 2.24) is 9.97 Å². The van der Waals surface area contributed by atoms with Crippen LogP contribution in [0.15, 0.2) is 24.4 Å². The van der Waals surface area contributed by atoms with Gasteiger partial charge in [-0.25, -0.2) is 9.97 Å². The van der Waals surface area contributed by atoms with Crippen LogP contribution in [0.4, 0.5) is 19.1 Å². The number of hydrogen-bond acceptors (Lipinski definition) is 7. The maximum atomic E-state index is 12.6. The molecule has 2 N–H and O–H groups in total. The normalized spacial score (nSPS) is 19.6. The third-order valence-electron chi connectivity index (χ3n) is 6.12. The van der Waals surface area contributed by atoms with Gasteiger partial charge in [-0.3, -0.25) is 0 Å². The number of nitrogens with zero attached hydrogens (tertiary/aromatic N) is 4. The highest BCUT2D eigenvalue weighted by Crippen LogP contribution is 2.40. The van der Waals surface area contributed by atoms with Crippen LogP contribution < -0.4 is 10.1 Å². The van der Waals surface area contributed by atoms with Gasteiger partial charge in [-0.2, -0.15) is 10.5 Å². The second-order valence-electron chi connectivity index (χ2n) is 9.19. The molecule has 0 bridgehead atoms. The maximum absolute atomic E-state index is 12.6. The molecule has 1 aliphatic carbocycles. The number of rotatable bonds is 7. The van der Waals surface area contributed by atoms with E-state index in [9.17, 15) is 23.5 Å². The zero-order chi connectivity index (χ0) is 24.9. The maximum Gasteiger partial charge on any atom is 0.573 e. The first-order valence-electron chi connectivity index (χ1n) is 11.0. The van der Waals surface area contributed by atoms with Crippen molar-refractivity contribution in [3.8, 4) is 17.9 Å². The molecule has 2 atom stereocenters. The molecule has 7 nitrogen and oxygen atoms in total. The highest BCUT2D eigenvalue weighted by molar-refractivity contribution is 5.46. The number of nitrogens with one attached hydrogen (secondary N) is 1. The molecule has 1 fully saturated rings. The van der Waals surface area contributed by atoms with Crippen molar-refractivity contribution in [3.05, 3.63) is 46.8 Å². The van der Waals surface area contributed by atoms with Crippen molar-refractivity contribution in [2.75, 3.05) is 11.9 Å². The zero-order valence-electron chi connectivity index (χ0n) is 19.0. The number of halogens is 3. The van der Waals surface area contributed by atoms with Crippen molar-refractivity contribution >= 4 is 5.95 Å². The Morgan fingerprint density at radius 3 is 2.59 bits per heavy atom. The lowest BCUT2D eigenvalue weighted by Gasteiger charge is -2.39. The van der Waals surface area contributed by atoms with Crippen LogP contribution in [0, 0.1) is 34.0 Å². The molecule has 3 rings (SSSR count). The highest BCUT2D eigenvalue weighted by Gasteiger charge is 2.36. The van der Waals surface area contributed by atoms with Gasteiger partial charge in [0.2, 0.25) is 5.95 Å². The number of anilines is 1. The lowest BCUT2D eigenvalue weighted by atomic mass is 9.69. The van der Waals surface area contributed by atoms with Gasteiger partial charge in [-0.1, -0.05) is 19.9 Å². The summed E-state index contributed by atoms with van der Waals surface area (Å²) in [6.07, 6.45) is -0.440. The van der Waals surface area contributed by atoms with Crippen LogP contribution in [0.5, 0.6) is 5.75 Å². The van der Waals surface area contributed by atoms with E-state index in [1.807, 2.05) is 13.8 Å². The monoisotopic (exact) mass is 473 g/mol. The number of nitriles is 2. The molecule has 180 valence electrons. The van der Waals surface area contributed by atoms with E-state index in [2.05, 4.69) is 26.1 Å². The van der Waals surface area contributed by atoms with E-state index in [-0.39, 0.29) is 17.1 Å². The predicted octanol–water partition coefficient (Wildman–Crippen LogP) is 4.50. The SMILES string of the molecule is CC1(C)C[C@H](Cc2nc(NCCc3ccc(C#N)c(OC(F)(F)F)c3)ncc2C#N)CC[C@@H]1O. The first kappa shape index (κ1) is 25.3. The third kappa shape index (κ3) is 6.58. The number of hydrogen-bond donors (Lipinski definition) is 2. The Morgan fingerprint density at radius 2 is 1.94 bits per heavy atom. The smallest absolute Gasteiger partial charge is 0.404 e. The summed E-state index contributed by atoms with van der Waals surface area (Å²) in [5.74, 6) is 0.0772. The molecule has 2 aromatic rings. The Hall–Kier alpha value is -3.37. The van der Waals surface area contributed by atoms with Crippen LogP contribution in [-0.4, -0.2) is 34.1 Å². The van der Waals surface area contributed by atoms with E-state index in [1.54, 1.807) is 12.1 Å². The zero-order valence-corrected chi connectivity index (χ0v) is 19.0. The number of aliphatic hydroxyl groups excluding tert-OH is 1. The fraction of sp³-hybridized carbons (Fsp3) is 0.500. The van der Waals surface area contributed by atoms with Crippen LogP contribution in [0.25, 0.3) is 0 Å². The topological polar surface area (TPSA) is 115 Å². The number of benzene rings is 1. The molecule has 0 aliphatic heterocycles. The Kier molecular flexibility index (Phi) is 7.63. The molecule has 1 saturated carbocycles. The van der Waals surface area contributed by atoms with E-state index >= 15 is 0 Å². The molecule has 1 aromatic carbocycles. The largest absolute Gasteiger partial charge is 0.573 e. The van der Waals surface area contributed by atoms with Crippen molar-refractivity contribution < 1.29 is 23.0 Å². The Labute approximate surface area is 196 Å². The van der Waals surface area contributed by atoms with Crippen LogP contribution in [0.2, 0.25) is 0 Å². The number of ether oxygens (including phenoxy) is 1.